The minimum absolute atomic E-state index is 0.678. The number of hydrogen-bond donors (Lipinski definition) is 2. The molecule has 0 aliphatic rings. The third-order valence-electron chi connectivity index (χ3n) is 2.17. The molecule has 0 spiro atoms. The van der Waals surface area contributed by atoms with Crippen LogP contribution in [0.5, 0.6) is 0 Å². The van der Waals surface area contributed by atoms with Crippen LogP contribution < -0.4 is 10.6 Å². The molecule has 0 amide bonds. The lowest BCUT2D eigenvalue weighted by atomic mass is 10.4. The topological polar surface area (TPSA) is 41.9 Å². The molecular weight excluding hydrogens is 220 g/mol. The van der Waals surface area contributed by atoms with Gasteiger partial charge in [0.25, 0.3) is 0 Å². The molecule has 1 aromatic heterocycles. The lowest BCUT2D eigenvalue weighted by molar-refractivity contribution is 0.560. The van der Waals surface area contributed by atoms with Crippen LogP contribution in [0.1, 0.15) is 12.1 Å². The molecule has 0 atom stereocenters. The van der Waals surface area contributed by atoms with Crippen LogP contribution in [0.3, 0.4) is 0 Å². The van der Waals surface area contributed by atoms with Gasteiger partial charge in [-0.3, -0.25) is 4.68 Å². The van der Waals surface area contributed by atoms with E-state index in [0.29, 0.717) is 11.7 Å². The van der Waals surface area contributed by atoms with E-state index in [-0.39, 0.29) is 0 Å². The number of hydrogen-bond acceptors (Lipinski definition) is 2. The Morgan fingerprint density at radius 3 is 3.06 bits per heavy atom. The predicted octanol–water partition coefficient (Wildman–Crippen LogP) is 1.23. The summed E-state index contributed by atoms with van der Waals surface area (Å²) < 4.78 is 1.99. The number of aryl methyl sites for hydroxylation is 2. The van der Waals surface area contributed by atoms with Gasteiger partial charge in [-0.15, -0.1) is 6.58 Å². The second-order valence-corrected chi connectivity index (χ2v) is 3.88. The van der Waals surface area contributed by atoms with Crippen LogP contribution in [0.2, 0.25) is 0 Å². The minimum atomic E-state index is 0.678. The van der Waals surface area contributed by atoms with Gasteiger partial charge in [-0.2, -0.15) is 5.10 Å². The van der Waals surface area contributed by atoms with Gasteiger partial charge >= 0.3 is 0 Å². The molecular formula is C11H18N4S. The molecule has 1 heterocycles. The first-order chi connectivity index (χ1) is 7.74. The van der Waals surface area contributed by atoms with Crippen LogP contribution in [-0.2, 0) is 6.54 Å². The standard InChI is InChI=1S/C11H18N4S/c1-3-6-12-11(16)13-7-4-9-15-10(2)5-8-14-15/h3,5,8H,1,4,6-7,9H2,2H3,(H2,12,13,16). The van der Waals surface area contributed by atoms with E-state index in [4.69, 9.17) is 12.2 Å². The number of aromatic nitrogens is 2. The average molecular weight is 238 g/mol. The normalized spacial score (nSPS) is 9.81. The summed E-state index contributed by atoms with van der Waals surface area (Å²) in [5.74, 6) is 0. The van der Waals surface area contributed by atoms with Crippen LogP contribution in [0.15, 0.2) is 24.9 Å². The summed E-state index contributed by atoms with van der Waals surface area (Å²) in [6.45, 7) is 8.12. The van der Waals surface area contributed by atoms with E-state index in [0.717, 1.165) is 19.5 Å². The molecule has 4 nitrogen and oxygen atoms in total. The third-order valence-corrected chi connectivity index (χ3v) is 2.46. The fraction of sp³-hybridized carbons (Fsp3) is 0.455. The van der Waals surface area contributed by atoms with Gasteiger partial charge in [0.1, 0.15) is 0 Å². The summed E-state index contributed by atoms with van der Waals surface area (Å²) in [7, 11) is 0. The molecule has 0 bridgehead atoms. The van der Waals surface area contributed by atoms with Gasteiger partial charge in [0.2, 0.25) is 0 Å². The molecule has 0 aliphatic heterocycles. The Morgan fingerprint density at radius 1 is 1.62 bits per heavy atom. The smallest absolute Gasteiger partial charge is 0.166 e. The van der Waals surface area contributed by atoms with Crippen molar-refractivity contribution in [3.63, 3.8) is 0 Å². The summed E-state index contributed by atoms with van der Waals surface area (Å²) >= 11 is 5.07. The van der Waals surface area contributed by atoms with Crippen molar-refractivity contribution in [2.24, 2.45) is 0 Å². The van der Waals surface area contributed by atoms with Gasteiger partial charge in [-0.25, -0.2) is 0 Å². The van der Waals surface area contributed by atoms with E-state index in [2.05, 4.69) is 29.2 Å². The molecule has 2 N–H and O–H groups in total. The van der Waals surface area contributed by atoms with E-state index in [1.54, 1.807) is 6.08 Å². The highest BCUT2D eigenvalue weighted by molar-refractivity contribution is 7.80. The highest BCUT2D eigenvalue weighted by Crippen LogP contribution is 1.96. The maximum atomic E-state index is 5.07. The number of thiocarbonyl (C=S) groups is 1. The van der Waals surface area contributed by atoms with Crippen molar-refractivity contribution in [2.45, 2.75) is 19.9 Å². The van der Waals surface area contributed by atoms with E-state index in [9.17, 15) is 0 Å². The van der Waals surface area contributed by atoms with Crippen molar-refractivity contribution < 1.29 is 0 Å². The Hall–Kier alpha value is -1.36. The SMILES string of the molecule is C=CCNC(=S)NCCCn1nccc1C. The Morgan fingerprint density at radius 2 is 2.44 bits per heavy atom. The third kappa shape index (κ3) is 4.44. The average Bonchev–Trinajstić information content (AvgIpc) is 2.67. The zero-order chi connectivity index (χ0) is 11.8. The van der Waals surface area contributed by atoms with Crippen LogP contribution in [-0.4, -0.2) is 28.0 Å². The van der Waals surface area contributed by atoms with Gasteiger partial charge in [0.05, 0.1) is 0 Å². The van der Waals surface area contributed by atoms with Gasteiger partial charge in [-0.05, 0) is 31.6 Å². The van der Waals surface area contributed by atoms with E-state index >= 15 is 0 Å². The monoisotopic (exact) mass is 238 g/mol. The van der Waals surface area contributed by atoms with Gasteiger partial charge in [0, 0.05) is 31.5 Å². The maximum Gasteiger partial charge on any atom is 0.166 e. The van der Waals surface area contributed by atoms with Gasteiger partial charge < -0.3 is 10.6 Å². The van der Waals surface area contributed by atoms with Crippen LogP contribution >= 0.6 is 12.2 Å². The summed E-state index contributed by atoms with van der Waals surface area (Å²) in [4.78, 5) is 0. The largest absolute Gasteiger partial charge is 0.363 e. The summed E-state index contributed by atoms with van der Waals surface area (Å²) in [6.07, 6.45) is 4.60. The van der Waals surface area contributed by atoms with E-state index in [1.165, 1.54) is 5.69 Å². The van der Waals surface area contributed by atoms with Crippen LogP contribution in [0.25, 0.3) is 0 Å². The highest BCUT2D eigenvalue weighted by atomic mass is 32.1. The Bertz CT molecular complexity index is 346. The van der Waals surface area contributed by atoms with E-state index < -0.39 is 0 Å². The molecule has 0 aliphatic carbocycles. The molecule has 16 heavy (non-hydrogen) atoms. The molecule has 5 heteroatoms. The first kappa shape index (κ1) is 12.7. The molecule has 1 rings (SSSR count). The molecule has 88 valence electrons. The number of nitrogens with one attached hydrogen (secondary N) is 2. The summed E-state index contributed by atoms with van der Waals surface area (Å²) in [5, 5.41) is 11.0. The Labute approximate surface area is 102 Å². The van der Waals surface area contributed by atoms with Crippen molar-refractivity contribution >= 4 is 17.3 Å². The molecule has 0 unspecified atom stereocenters. The fourth-order valence-electron chi connectivity index (χ4n) is 1.29. The first-order valence-electron chi connectivity index (χ1n) is 5.35. The van der Waals surface area contributed by atoms with Gasteiger partial charge in [0.15, 0.2) is 5.11 Å². The lowest BCUT2D eigenvalue weighted by Crippen LogP contribution is -2.36. The summed E-state index contributed by atoms with van der Waals surface area (Å²) in [6, 6.07) is 2.00. The predicted molar refractivity (Wildman–Crippen MR) is 70.4 cm³/mol. The fourth-order valence-corrected chi connectivity index (χ4v) is 1.48. The summed E-state index contributed by atoms with van der Waals surface area (Å²) in [5.41, 5.74) is 1.19. The Kier molecular flexibility index (Phi) is 5.56. The minimum Gasteiger partial charge on any atom is -0.363 e. The highest BCUT2D eigenvalue weighted by Gasteiger charge is 1.97. The first-order valence-corrected chi connectivity index (χ1v) is 5.76. The van der Waals surface area contributed by atoms with Crippen molar-refractivity contribution in [2.75, 3.05) is 13.1 Å². The zero-order valence-electron chi connectivity index (χ0n) is 9.57. The molecule has 1 aromatic rings. The number of rotatable bonds is 6. The maximum absolute atomic E-state index is 5.07. The molecule has 0 radical (unpaired) electrons. The van der Waals surface area contributed by atoms with Crippen molar-refractivity contribution in [1.82, 2.24) is 20.4 Å². The van der Waals surface area contributed by atoms with Crippen molar-refractivity contribution in [3.8, 4) is 0 Å². The zero-order valence-corrected chi connectivity index (χ0v) is 10.4. The second kappa shape index (κ2) is 7.00. The van der Waals surface area contributed by atoms with Crippen molar-refractivity contribution in [1.29, 1.82) is 0 Å². The quantitative estimate of drug-likeness (QED) is 0.444. The molecule has 0 fully saturated rings. The second-order valence-electron chi connectivity index (χ2n) is 3.47. The van der Waals surface area contributed by atoms with Gasteiger partial charge in [-0.1, -0.05) is 6.08 Å². The molecule has 0 aromatic carbocycles. The lowest BCUT2D eigenvalue weighted by Gasteiger charge is -2.09. The molecule has 0 saturated carbocycles. The van der Waals surface area contributed by atoms with Crippen molar-refractivity contribution in [3.05, 3.63) is 30.6 Å². The molecule has 0 saturated heterocycles. The Balaban J connectivity index is 2.10. The van der Waals surface area contributed by atoms with Crippen LogP contribution in [0, 0.1) is 6.92 Å². The van der Waals surface area contributed by atoms with E-state index in [1.807, 2.05) is 16.9 Å². The van der Waals surface area contributed by atoms with Crippen LogP contribution in [0.4, 0.5) is 0 Å². The number of nitrogens with zero attached hydrogens (tertiary/aromatic N) is 2.